The second-order valence-corrected chi connectivity index (χ2v) is 6.94. The van der Waals surface area contributed by atoms with Crippen LogP contribution in [0.2, 0.25) is 0 Å². The van der Waals surface area contributed by atoms with Crippen LogP contribution in [0.4, 0.5) is 0 Å². The summed E-state index contributed by atoms with van der Waals surface area (Å²) in [5, 5.41) is 10.6. The van der Waals surface area contributed by atoms with Gasteiger partial charge < -0.3 is 14.6 Å². The first-order valence-corrected chi connectivity index (χ1v) is 8.57. The zero-order valence-corrected chi connectivity index (χ0v) is 14.3. The first kappa shape index (κ1) is 16.1. The number of hydrogen-bond donors (Lipinski definition) is 1. The Morgan fingerprint density at radius 2 is 1.96 bits per heavy atom. The van der Waals surface area contributed by atoms with Crippen LogP contribution in [0.25, 0.3) is 10.9 Å². The fourth-order valence-corrected chi connectivity index (χ4v) is 3.62. The summed E-state index contributed by atoms with van der Waals surface area (Å²) in [6.45, 7) is 9.70. The molecule has 0 bridgehead atoms. The van der Waals surface area contributed by atoms with Crippen molar-refractivity contribution in [3.63, 3.8) is 0 Å². The van der Waals surface area contributed by atoms with Crippen molar-refractivity contribution in [1.82, 2.24) is 9.47 Å². The van der Waals surface area contributed by atoms with Gasteiger partial charge >= 0.3 is 5.97 Å². The molecule has 23 heavy (non-hydrogen) atoms. The summed E-state index contributed by atoms with van der Waals surface area (Å²) >= 11 is 0. The fourth-order valence-electron chi connectivity index (χ4n) is 3.62. The van der Waals surface area contributed by atoms with E-state index >= 15 is 0 Å². The SMILES string of the molecule is Cc1cc2c(CCN3CCCC3)cn(C(C)C)c2cc1C(=O)O. The average molecular weight is 314 g/mol. The van der Waals surface area contributed by atoms with Gasteiger partial charge in [0.05, 0.1) is 5.56 Å². The van der Waals surface area contributed by atoms with Gasteiger partial charge in [-0.05, 0) is 76.4 Å². The van der Waals surface area contributed by atoms with E-state index in [1.54, 1.807) is 0 Å². The maximum absolute atomic E-state index is 11.4. The summed E-state index contributed by atoms with van der Waals surface area (Å²) in [6.07, 6.45) is 5.88. The summed E-state index contributed by atoms with van der Waals surface area (Å²) in [7, 11) is 0. The Morgan fingerprint density at radius 1 is 1.26 bits per heavy atom. The summed E-state index contributed by atoms with van der Waals surface area (Å²) < 4.78 is 2.21. The third kappa shape index (κ3) is 3.13. The Bertz CT molecular complexity index is 725. The minimum Gasteiger partial charge on any atom is -0.478 e. The van der Waals surface area contributed by atoms with Gasteiger partial charge in [0.2, 0.25) is 0 Å². The van der Waals surface area contributed by atoms with Crippen molar-refractivity contribution in [1.29, 1.82) is 0 Å². The van der Waals surface area contributed by atoms with Crippen LogP contribution in [0, 0.1) is 6.92 Å². The van der Waals surface area contributed by atoms with Gasteiger partial charge in [-0.2, -0.15) is 0 Å². The molecule has 4 heteroatoms. The lowest BCUT2D eigenvalue weighted by molar-refractivity contribution is 0.0696. The number of aromatic nitrogens is 1. The van der Waals surface area contributed by atoms with Gasteiger partial charge in [-0.15, -0.1) is 0 Å². The monoisotopic (exact) mass is 314 g/mol. The molecule has 0 spiro atoms. The smallest absolute Gasteiger partial charge is 0.336 e. The number of hydrogen-bond acceptors (Lipinski definition) is 2. The number of benzene rings is 1. The lowest BCUT2D eigenvalue weighted by atomic mass is 10.0. The van der Waals surface area contributed by atoms with Gasteiger partial charge in [0, 0.05) is 29.7 Å². The molecule has 0 unspecified atom stereocenters. The van der Waals surface area contributed by atoms with E-state index in [4.69, 9.17) is 0 Å². The summed E-state index contributed by atoms with van der Waals surface area (Å²) in [4.78, 5) is 14.0. The Hall–Kier alpha value is -1.81. The van der Waals surface area contributed by atoms with E-state index in [-0.39, 0.29) is 0 Å². The molecule has 1 aromatic carbocycles. The molecule has 124 valence electrons. The van der Waals surface area contributed by atoms with E-state index in [1.807, 2.05) is 13.0 Å². The van der Waals surface area contributed by atoms with Crippen LogP contribution in [0.3, 0.4) is 0 Å². The third-order valence-electron chi connectivity index (χ3n) is 4.94. The molecular formula is C19H26N2O2. The molecule has 1 aliphatic heterocycles. The summed E-state index contributed by atoms with van der Waals surface area (Å²) in [5.41, 5.74) is 3.62. The second kappa shape index (κ2) is 6.36. The van der Waals surface area contributed by atoms with E-state index in [2.05, 4.69) is 35.6 Å². The zero-order chi connectivity index (χ0) is 16.6. The molecule has 1 aromatic heterocycles. The van der Waals surface area contributed by atoms with Gasteiger partial charge in [0.15, 0.2) is 0 Å². The lowest BCUT2D eigenvalue weighted by Gasteiger charge is -2.13. The minimum absolute atomic E-state index is 0.322. The number of aryl methyl sites for hydroxylation is 1. The number of rotatable bonds is 5. The van der Waals surface area contributed by atoms with Crippen LogP contribution in [0.15, 0.2) is 18.3 Å². The number of carbonyl (C=O) groups is 1. The maximum atomic E-state index is 11.4. The quantitative estimate of drug-likeness (QED) is 0.911. The summed E-state index contributed by atoms with van der Waals surface area (Å²) in [5.74, 6) is -0.848. The normalized spacial score (nSPS) is 15.8. The van der Waals surface area contributed by atoms with E-state index in [1.165, 1.54) is 36.9 Å². The average Bonchev–Trinajstić information content (AvgIpc) is 3.11. The third-order valence-corrected chi connectivity index (χ3v) is 4.94. The van der Waals surface area contributed by atoms with E-state index in [0.717, 1.165) is 24.0 Å². The van der Waals surface area contributed by atoms with Gasteiger partial charge in [-0.3, -0.25) is 0 Å². The number of fused-ring (bicyclic) bond motifs is 1. The van der Waals surface area contributed by atoms with Crippen LogP contribution >= 0.6 is 0 Å². The first-order chi connectivity index (χ1) is 11.0. The maximum Gasteiger partial charge on any atom is 0.336 e. The number of carboxylic acid groups (broad SMARTS) is 1. The van der Waals surface area contributed by atoms with Crippen molar-refractivity contribution in [3.8, 4) is 0 Å². The predicted octanol–water partition coefficient (Wildman–Crippen LogP) is 3.87. The zero-order valence-electron chi connectivity index (χ0n) is 14.3. The van der Waals surface area contributed by atoms with Crippen molar-refractivity contribution in [2.24, 2.45) is 0 Å². The van der Waals surface area contributed by atoms with Crippen LogP contribution in [-0.2, 0) is 6.42 Å². The highest BCUT2D eigenvalue weighted by atomic mass is 16.4. The molecule has 1 N–H and O–H groups in total. The molecule has 1 saturated heterocycles. The van der Waals surface area contributed by atoms with Crippen molar-refractivity contribution < 1.29 is 9.90 Å². The largest absolute Gasteiger partial charge is 0.478 e. The molecule has 0 atom stereocenters. The molecule has 2 heterocycles. The van der Waals surface area contributed by atoms with Crippen molar-refractivity contribution in [3.05, 3.63) is 35.0 Å². The fraction of sp³-hybridized carbons (Fsp3) is 0.526. The minimum atomic E-state index is -0.848. The van der Waals surface area contributed by atoms with Crippen molar-refractivity contribution >= 4 is 16.9 Å². The Balaban J connectivity index is 2.00. The van der Waals surface area contributed by atoms with Crippen LogP contribution in [-0.4, -0.2) is 40.2 Å². The highest BCUT2D eigenvalue weighted by Gasteiger charge is 2.17. The number of aromatic carboxylic acids is 1. The predicted molar refractivity (Wildman–Crippen MR) is 93.4 cm³/mol. The highest BCUT2D eigenvalue weighted by molar-refractivity contribution is 5.96. The molecule has 0 radical (unpaired) electrons. The van der Waals surface area contributed by atoms with Crippen LogP contribution in [0.1, 0.15) is 54.2 Å². The molecule has 2 aromatic rings. The van der Waals surface area contributed by atoms with E-state index in [9.17, 15) is 9.90 Å². The van der Waals surface area contributed by atoms with E-state index in [0.29, 0.717) is 11.6 Å². The van der Waals surface area contributed by atoms with E-state index < -0.39 is 5.97 Å². The van der Waals surface area contributed by atoms with Gasteiger partial charge in [0.25, 0.3) is 0 Å². The summed E-state index contributed by atoms with van der Waals surface area (Å²) in [6, 6.07) is 4.21. The number of carboxylic acids is 1. The second-order valence-electron chi connectivity index (χ2n) is 6.94. The topological polar surface area (TPSA) is 45.5 Å². The molecule has 4 nitrogen and oxygen atoms in total. The van der Waals surface area contributed by atoms with Gasteiger partial charge in [0.1, 0.15) is 0 Å². The molecule has 0 amide bonds. The van der Waals surface area contributed by atoms with Crippen LogP contribution < -0.4 is 0 Å². The first-order valence-electron chi connectivity index (χ1n) is 8.57. The standard InChI is InChI=1S/C19H26N2O2/c1-13(2)21-12-15(6-9-20-7-4-5-8-20)17-10-14(3)16(19(22)23)11-18(17)21/h10-13H,4-9H2,1-3H3,(H,22,23). The Kier molecular flexibility index (Phi) is 4.44. The Morgan fingerprint density at radius 3 is 2.57 bits per heavy atom. The van der Waals surface area contributed by atoms with Gasteiger partial charge in [-0.25, -0.2) is 4.79 Å². The Labute approximate surface area is 137 Å². The van der Waals surface area contributed by atoms with Crippen molar-refractivity contribution in [2.75, 3.05) is 19.6 Å². The molecule has 1 aliphatic rings. The number of nitrogens with zero attached hydrogens (tertiary/aromatic N) is 2. The van der Waals surface area contributed by atoms with Gasteiger partial charge in [-0.1, -0.05) is 0 Å². The highest BCUT2D eigenvalue weighted by Crippen LogP contribution is 2.28. The molecule has 3 rings (SSSR count). The molecule has 1 fully saturated rings. The van der Waals surface area contributed by atoms with Crippen molar-refractivity contribution in [2.45, 2.75) is 46.1 Å². The van der Waals surface area contributed by atoms with Crippen LogP contribution in [0.5, 0.6) is 0 Å². The molecule has 0 aliphatic carbocycles. The molecular weight excluding hydrogens is 288 g/mol. The lowest BCUT2D eigenvalue weighted by Crippen LogP contribution is -2.21. The molecule has 0 saturated carbocycles. The number of likely N-dealkylation sites (tertiary alicyclic amines) is 1.